The molecule has 2 fully saturated rings. The second kappa shape index (κ2) is 8.80. The fraction of sp³-hybridized carbons (Fsp3) is 0.458. The maximum atomic E-state index is 13.3. The molecule has 3 N–H and O–H groups in total. The van der Waals surface area contributed by atoms with Crippen molar-refractivity contribution in [2.45, 2.75) is 51.1 Å². The van der Waals surface area contributed by atoms with Crippen LogP contribution in [0.4, 0.5) is 18.9 Å². The number of alkyl halides is 3. The van der Waals surface area contributed by atoms with Crippen LogP contribution in [0.25, 0.3) is 11.1 Å². The van der Waals surface area contributed by atoms with E-state index >= 15 is 0 Å². The van der Waals surface area contributed by atoms with Crippen LogP contribution in [-0.4, -0.2) is 41.9 Å². The molecule has 2 atom stereocenters. The van der Waals surface area contributed by atoms with Crippen molar-refractivity contribution in [3.8, 4) is 22.9 Å². The van der Waals surface area contributed by atoms with Crippen LogP contribution >= 0.6 is 0 Å². The van der Waals surface area contributed by atoms with Gasteiger partial charge in [-0.25, -0.2) is 4.98 Å². The van der Waals surface area contributed by atoms with Gasteiger partial charge in [0.15, 0.2) is 0 Å². The molecule has 1 saturated carbocycles. The Morgan fingerprint density at radius 3 is 2.74 bits per heavy atom. The molecule has 10 heteroatoms. The summed E-state index contributed by atoms with van der Waals surface area (Å²) in [5.41, 5.74) is 7.07. The first-order valence-electron chi connectivity index (χ1n) is 11.1. The normalized spacial score (nSPS) is 21.1. The van der Waals surface area contributed by atoms with E-state index in [4.69, 9.17) is 5.73 Å². The number of ether oxygens (including phenoxy) is 1. The maximum Gasteiger partial charge on any atom is 0.573 e. The van der Waals surface area contributed by atoms with Crippen molar-refractivity contribution >= 4 is 11.6 Å². The number of rotatable bonds is 6. The summed E-state index contributed by atoms with van der Waals surface area (Å²) in [5.74, 6) is -0.350. The Labute approximate surface area is 195 Å². The van der Waals surface area contributed by atoms with E-state index in [0.29, 0.717) is 31.1 Å². The Morgan fingerprint density at radius 1 is 1.41 bits per heavy atom. The highest BCUT2D eigenvalue weighted by molar-refractivity contribution is 6.04. The molecule has 2 aliphatic rings. The van der Waals surface area contributed by atoms with Gasteiger partial charge in [-0.2, -0.15) is 5.26 Å². The van der Waals surface area contributed by atoms with E-state index in [1.165, 1.54) is 24.4 Å². The average Bonchev–Trinajstić information content (AvgIpc) is 3.54. The van der Waals surface area contributed by atoms with Crippen LogP contribution in [0, 0.1) is 17.2 Å². The predicted molar refractivity (Wildman–Crippen MR) is 120 cm³/mol. The number of hydrogen-bond acceptors (Lipinski definition) is 6. The molecule has 1 aromatic heterocycles. The third-order valence-electron chi connectivity index (χ3n) is 6.27. The number of benzene rings is 1. The van der Waals surface area contributed by atoms with E-state index in [1.54, 1.807) is 6.07 Å². The molecule has 7 nitrogen and oxygen atoms in total. The molecule has 1 aliphatic heterocycles. The summed E-state index contributed by atoms with van der Waals surface area (Å²) in [4.78, 5) is 19.4. The van der Waals surface area contributed by atoms with Crippen molar-refractivity contribution in [3.63, 3.8) is 0 Å². The van der Waals surface area contributed by atoms with E-state index in [0.717, 1.165) is 12.8 Å². The quantitative estimate of drug-likeness (QED) is 0.658. The molecule has 1 aliphatic carbocycles. The minimum Gasteiger partial charge on any atom is -0.406 e. The van der Waals surface area contributed by atoms with E-state index in [9.17, 15) is 23.2 Å². The number of nitriles is 1. The number of nitrogens with zero attached hydrogens (tertiary/aromatic N) is 3. The van der Waals surface area contributed by atoms with Gasteiger partial charge in [0.25, 0.3) is 5.91 Å². The monoisotopic (exact) mass is 473 g/mol. The van der Waals surface area contributed by atoms with E-state index in [1.807, 2.05) is 24.8 Å². The summed E-state index contributed by atoms with van der Waals surface area (Å²) in [6.07, 6.45) is -0.763. The van der Waals surface area contributed by atoms with Crippen LogP contribution < -0.4 is 20.7 Å². The molecule has 1 amide bonds. The minimum absolute atomic E-state index is 0.00317. The number of amides is 1. The molecular formula is C24H26F3N5O2. The summed E-state index contributed by atoms with van der Waals surface area (Å²) in [6.45, 7) is 4.77. The first-order chi connectivity index (χ1) is 16.0. The van der Waals surface area contributed by atoms with Crippen LogP contribution in [-0.2, 0) is 0 Å². The van der Waals surface area contributed by atoms with Gasteiger partial charge in [0.1, 0.15) is 17.5 Å². The Hall–Kier alpha value is -3.32. The number of carbonyl (C=O) groups excluding carboxylic acids is 1. The molecule has 2 aromatic rings. The summed E-state index contributed by atoms with van der Waals surface area (Å²) < 4.78 is 42.6. The molecule has 1 aromatic carbocycles. The Bertz CT molecular complexity index is 1140. The fourth-order valence-corrected chi connectivity index (χ4v) is 4.38. The third kappa shape index (κ3) is 5.25. The van der Waals surface area contributed by atoms with Crippen molar-refractivity contribution in [1.29, 1.82) is 5.26 Å². The lowest BCUT2D eigenvalue weighted by atomic mass is 9.97. The van der Waals surface area contributed by atoms with Gasteiger partial charge in [0.2, 0.25) is 0 Å². The SMILES string of the molecule is C[C@H](NC(=O)c1cnc(C#N)c(-c2cccc(OC(F)(F)F)c2)c1N1CC[C@](C)(N)C1)C1CC1. The summed E-state index contributed by atoms with van der Waals surface area (Å²) in [7, 11) is 0. The van der Waals surface area contributed by atoms with Crippen molar-refractivity contribution in [2.75, 3.05) is 18.0 Å². The van der Waals surface area contributed by atoms with Crippen LogP contribution in [0.1, 0.15) is 49.2 Å². The number of carbonyl (C=O) groups is 1. The average molecular weight is 473 g/mol. The van der Waals surface area contributed by atoms with Crippen molar-refractivity contribution in [3.05, 3.63) is 41.7 Å². The number of pyridine rings is 1. The Balaban J connectivity index is 1.85. The Morgan fingerprint density at radius 2 is 2.15 bits per heavy atom. The van der Waals surface area contributed by atoms with Crippen LogP contribution in [0.5, 0.6) is 5.75 Å². The van der Waals surface area contributed by atoms with Crippen molar-refractivity contribution < 1.29 is 22.7 Å². The molecule has 0 unspecified atom stereocenters. The standard InChI is InChI=1S/C24H26F3N5O2/c1-14(15-6-7-15)31-22(33)18-12-30-19(11-28)20(21(18)32-9-8-23(2,29)13-32)16-4-3-5-17(10-16)34-24(25,26)27/h3-5,10,12,14-15H,6-9,13,29H2,1-2H3,(H,31,33)/t14-,23-/m0/s1. The lowest BCUT2D eigenvalue weighted by molar-refractivity contribution is -0.274. The molecule has 2 heterocycles. The zero-order valence-electron chi connectivity index (χ0n) is 18.9. The van der Waals surface area contributed by atoms with Gasteiger partial charge in [-0.05, 0) is 56.7 Å². The number of nitrogens with two attached hydrogens (primary N) is 1. The fourth-order valence-electron chi connectivity index (χ4n) is 4.38. The van der Waals surface area contributed by atoms with Gasteiger partial charge in [-0.1, -0.05) is 12.1 Å². The topological polar surface area (TPSA) is 104 Å². The first kappa shape index (κ1) is 23.8. The van der Waals surface area contributed by atoms with Crippen LogP contribution in [0.3, 0.4) is 0 Å². The zero-order valence-corrected chi connectivity index (χ0v) is 18.9. The highest BCUT2D eigenvalue weighted by Gasteiger charge is 2.36. The minimum atomic E-state index is -4.87. The third-order valence-corrected chi connectivity index (χ3v) is 6.27. The number of nitrogens with one attached hydrogen (secondary N) is 1. The Kier molecular flexibility index (Phi) is 6.16. The van der Waals surface area contributed by atoms with Crippen molar-refractivity contribution in [2.24, 2.45) is 11.7 Å². The van der Waals surface area contributed by atoms with Crippen molar-refractivity contribution in [1.82, 2.24) is 10.3 Å². The molecular weight excluding hydrogens is 447 g/mol. The molecule has 34 heavy (non-hydrogen) atoms. The molecule has 0 bridgehead atoms. The lowest BCUT2D eigenvalue weighted by Crippen LogP contribution is -2.40. The molecule has 1 saturated heterocycles. The van der Waals surface area contributed by atoms with E-state index in [-0.39, 0.29) is 34.3 Å². The van der Waals surface area contributed by atoms with Crippen LogP contribution in [0.2, 0.25) is 0 Å². The number of hydrogen-bond donors (Lipinski definition) is 2. The zero-order chi connectivity index (χ0) is 24.7. The first-order valence-corrected chi connectivity index (χ1v) is 11.1. The van der Waals surface area contributed by atoms with Gasteiger partial charge in [-0.3, -0.25) is 4.79 Å². The second-order valence-electron chi connectivity index (χ2n) is 9.36. The van der Waals surface area contributed by atoms with Gasteiger partial charge in [0, 0.05) is 36.4 Å². The number of anilines is 1. The van der Waals surface area contributed by atoms with Gasteiger partial charge in [0.05, 0.1) is 11.3 Å². The summed E-state index contributed by atoms with van der Waals surface area (Å²) in [6, 6.07) is 7.33. The molecule has 0 radical (unpaired) electrons. The van der Waals surface area contributed by atoms with Gasteiger partial charge in [-0.15, -0.1) is 13.2 Å². The largest absolute Gasteiger partial charge is 0.573 e. The smallest absolute Gasteiger partial charge is 0.406 e. The number of aromatic nitrogens is 1. The predicted octanol–water partition coefficient (Wildman–Crippen LogP) is 3.97. The second-order valence-corrected chi connectivity index (χ2v) is 9.36. The molecule has 180 valence electrons. The van der Waals surface area contributed by atoms with Gasteiger partial charge >= 0.3 is 6.36 Å². The van der Waals surface area contributed by atoms with Crippen LogP contribution in [0.15, 0.2) is 30.5 Å². The summed E-state index contributed by atoms with van der Waals surface area (Å²) >= 11 is 0. The maximum absolute atomic E-state index is 13.3. The molecule has 0 spiro atoms. The lowest BCUT2D eigenvalue weighted by Gasteiger charge is -2.27. The highest BCUT2D eigenvalue weighted by atomic mass is 19.4. The molecule has 4 rings (SSSR count). The van der Waals surface area contributed by atoms with E-state index in [2.05, 4.69) is 15.0 Å². The van der Waals surface area contributed by atoms with E-state index < -0.39 is 17.7 Å². The summed E-state index contributed by atoms with van der Waals surface area (Å²) in [5, 5.41) is 12.8. The number of halogens is 3. The highest BCUT2D eigenvalue weighted by Crippen LogP contribution is 2.40. The van der Waals surface area contributed by atoms with Gasteiger partial charge < -0.3 is 20.7 Å².